The summed E-state index contributed by atoms with van der Waals surface area (Å²) in [6, 6.07) is 15.4. The predicted octanol–water partition coefficient (Wildman–Crippen LogP) is 4.74. The van der Waals surface area contributed by atoms with E-state index in [0.29, 0.717) is 5.75 Å². The fourth-order valence-electron chi connectivity index (χ4n) is 2.48. The molecule has 0 radical (unpaired) electrons. The number of aryl methyl sites for hydroxylation is 1. The highest BCUT2D eigenvalue weighted by Gasteiger charge is 2.02. The molecule has 0 heterocycles. The van der Waals surface area contributed by atoms with E-state index in [2.05, 4.69) is 24.4 Å². The van der Waals surface area contributed by atoms with Crippen LogP contribution in [0.2, 0.25) is 0 Å². The molecule has 2 aromatic carbocycles. The van der Waals surface area contributed by atoms with Crippen molar-refractivity contribution in [3.63, 3.8) is 0 Å². The number of benzene rings is 2. The van der Waals surface area contributed by atoms with Crippen LogP contribution in [0.1, 0.15) is 50.7 Å². The van der Waals surface area contributed by atoms with Gasteiger partial charge in [0.05, 0.1) is 12.8 Å². The Kier molecular flexibility index (Phi) is 9.62. The summed E-state index contributed by atoms with van der Waals surface area (Å²) in [6.07, 6.45) is 7.16. The lowest BCUT2D eigenvalue weighted by Gasteiger charge is -2.06. The van der Waals surface area contributed by atoms with Crippen molar-refractivity contribution in [3.8, 4) is 11.5 Å². The molecular formula is C23H30N2O3. The minimum atomic E-state index is -0.300. The van der Waals surface area contributed by atoms with Crippen LogP contribution in [0.15, 0.2) is 53.6 Å². The normalized spacial score (nSPS) is 10.8. The first-order valence-electron chi connectivity index (χ1n) is 9.97. The number of unbranched alkanes of at least 4 members (excludes halogenated alkanes) is 2. The van der Waals surface area contributed by atoms with Crippen molar-refractivity contribution in [3.05, 3.63) is 59.7 Å². The number of rotatable bonds is 12. The van der Waals surface area contributed by atoms with Crippen molar-refractivity contribution >= 4 is 12.1 Å². The Bertz CT molecular complexity index is 725. The second-order valence-electron chi connectivity index (χ2n) is 6.60. The summed E-state index contributed by atoms with van der Waals surface area (Å²) < 4.78 is 11.1. The van der Waals surface area contributed by atoms with Crippen molar-refractivity contribution in [2.45, 2.75) is 46.0 Å². The molecule has 0 aliphatic carbocycles. The van der Waals surface area contributed by atoms with Crippen LogP contribution in [-0.4, -0.2) is 25.3 Å². The monoisotopic (exact) mass is 382 g/mol. The number of carbonyl (C=O) groups is 1. The van der Waals surface area contributed by atoms with Gasteiger partial charge >= 0.3 is 0 Å². The minimum absolute atomic E-state index is 0.0736. The van der Waals surface area contributed by atoms with Crippen molar-refractivity contribution in [1.82, 2.24) is 5.43 Å². The largest absolute Gasteiger partial charge is 0.494 e. The van der Waals surface area contributed by atoms with Crippen LogP contribution in [0.5, 0.6) is 11.5 Å². The molecule has 0 aliphatic heterocycles. The minimum Gasteiger partial charge on any atom is -0.494 e. The van der Waals surface area contributed by atoms with E-state index in [9.17, 15) is 4.79 Å². The van der Waals surface area contributed by atoms with E-state index in [-0.39, 0.29) is 12.5 Å². The van der Waals surface area contributed by atoms with Crippen LogP contribution in [0.3, 0.4) is 0 Å². The molecule has 5 heteroatoms. The Hall–Kier alpha value is -2.82. The topological polar surface area (TPSA) is 59.9 Å². The molecule has 0 atom stereocenters. The van der Waals surface area contributed by atoms with Gasteiger partial charge in [0.2, 0.25) is 0 Å². The zero-order valence-corrected chi connectivity index (χ0v) is 16.8. The number of nitrogens with one attached hydrogen (secondary N) is 1. The second kappa shape index (κ2) is 12.5. The van der Waals surface area contributed by atoms with Gasteiger partial charge in [-0.15, -0.1) is 0 Å². The fourth-order valence-corrected chi connectivity index (χ4v) is 2.48. The molecule has 0 saturated carbocycles. The molecule has 1 amide bonds. The Balaban J connectivity index is 1.70. The number of ether oxygens (including phenoxy) is 2. The zero-order valence-electron chi connectivity index (χ0n) is 16.8. The molecule has 0 bridgehead atoms. The molecule has 2 rings (SSSR count). The van der Waals surface area contributed by atoms with Gasteiger partial charge in [-0.25, -0.2) is 5.43 Å². The van der Waals surface area contributed by atoms with Gasteiger partial charge in [-0.3, -0.25) is 4.79 Å². The first kappa shape index (κ1) is 21.5. The van der Waals surface area contributed by atoms with Gasteiger partial charge in [-0.2, -0.15) is 5.10 Å². The first-order chi connectivity index (χ1) is 13.7. The summed E-state index contributed by atoms with van der Waals surface area (Å²) in [5.74, 6) is 1.22. The molecule has 0 aromatic heterocycles. The number of hydrazone groups is 1. The van der Waals surface area contributed by atoms with E-state index in [1.807, 2.05) is 48.5 Å². The number of carbonyl (C=O) groups excluding carboxylic acids is 1. The average molecular weight is 383 g/mol. The van der Waals surface area contributed by atoms with Gasteiger partial charge in [0.15, 0.2) is 6.61 Å². The van der Waals surface area contributed by atoms with E-state index in [1.165, 1.54) is 18.4 Å². The number of amides is 1. The maximum Gasteiger partial charge on any atom is 0.277 e. The predicted molar refractivity (Wildman–Crippen MR) is 113 cm³/mol. The quantitative estimate of drug-likeness (QED) is 0.328. The number of nitrogens with zero attached hydrogens (tertiary/aromatic N) is 1. The van der Waals surface area contributed by atoms with E-state index < -0.39 is 0 Å². The third-order valence-corrected chi connectivity index (χ3v) is 4.16. The maximum absolute atomic E-state index is 11.8. The van der Waals surface area contributed by atoms with E-state index in [4.69, 9.17) is 9.47 Å². The summed E-state index contributed by atoms with van der Waals surface area (Å²) in [4.78, 5) is 11.8. The van der Waals surface area contributed by atoms with Crippen LogP contribution in [0, 0.1) is 0 Å². The van der Waals surface area contributed by atoms with Crippen molar-refractivity contribution in [2.24, 2.45) is 5.10 Å². The highest BCUT2D eigenvalue weighted by molar-refractivity contribution is 5.83. The Morgan fingerprint density at radius 2 is 1.57 bits per heavy atom. The third kappa shape index (κ3) is 8.25. The molecule has 150 valence electrons. The SMILES string of the molecule is CCCCOc1ccc(/C=N/NC(=O)COc2ccc(CCCC)cc2)cc1. The van der Waals surface area contributed by atoms with Gasteiger partial charge in [0, 0.05) is 0 Å². The summed E-state index contributed by atoms with van der Waals surface area (Å²) in [5.41, 5.74) is 4.64. The molecule has 0 aliphatic rings. The smallest absolute Gasteiger partial charge is 0.277 e. The van der Waals surface area contributed by atoms with Crippen molar-refractivity contribution in [1.29, 1.82) is 0 Å². The van der Waals surface area contributed by atoms with Crippen molar-refractivity contribution < 1.29 is 14.3 Å². The summed E-state index contributed by atoms with van der Waals surface area (Å²) in [5, 5.41) is 3.96. The van der Waals surface area contributed by atoms with Crippen molar-refractivity contribution in [2.75, 3.05) is 13.2 Å². The number of hydrogen-bond donors (Lipinski definition) is 1. The average Bonchev–Trinajstić information content (AvgIpc) is 2.73. The van der Waals surface area contributed by atoms with Gasteiger partial charge in [0.25, 0.3) is 5.91 Å². The lowest BCUT2D eigenvalue weighted by Crippen LogP contribution is -2.24. The summed E-state index contributed by atoms with van der Waals surface area (Å²) in [7, 11) is 0. The maximum atomic E-state index is 11.8. The van der Waals surface area contributed by atoms with Gasteiger partial charge < -0.3 is 9.47 Å². The summed E-state index contributed by atoms with van der Waals surface area (Å²) in [6.45, 7) is 4.96. The molecule has 1 N–H and O–H groups in total. The Morgan fingerprint density at radius 3 is 2.25 bits per heavy atom. The lowest BCUT2D eigenvalue weighted by molar-refractivity contribution is -0.123. The van der Waals surface area contributed by atoms with E-state index >= 15 is 0 Å². The molecular weight excluding hydrogens is 352 g/mol. The van der Waals surface area contributed by atoms with E-state index in [1.54, 1.807) is 6.21 Å². The molecule has 0 unspecified atom stereocenters. The Labute approximate surface area is 167 Å². The molecule has 0 saturated heterocycles. The fraction of sp³-hybridized carbons (Fsp3) is 0.391. The molecule has 28 heavy (non-hydrogen) atoms. The zero-order chi connectivity index (χ0) is 20.0. The molecule has 5 nitrogen and oxygen atoms in total. The van der Waals surface area contributed by atoms with E-state index in [0.717, 1.165) is 37.2 Å². The highest BCUT2D eigenvalue weighted by Crippen LogP contribution is 2.14. The van der Waals surface area contributed by atoms with Gasteiger partial charge in [-0.1, -0.05) is 38.8 Å². The van der Waals surface area contributed by atoms with Crippen LogP contribution >= 0.6 is 0 Å². The summed E-state index contributed by atoms with van der Waals surface area (Å²) >= 11 is 0. The molecule has 0 spiro atoms. The van der Waals surface area contributed by atoms with Crippen LogP contribution < -0.4 is 14.9 Å². The van der Waals surface area contributed by atoms with Gasteiger partial charge in [-0.05, 0) is 66.8 Å². The van der Waals surface area contributed by atoms with Crippen LogP contribution in [0.25, 0.3) is 0 Å². The molecule has 0 fully saturated rings. The van der Waals surface area contributed by atoms with Crippen LogP contribution in [-0.2, 0) is 11.2 Å². The standard InChI is InChI=1S/C23H30N2O3/c1-3-5-7-19-8-12-22(13-9-19)28-18-23(26)25-24-17-20-10-14-21(15-11-20)27-16-6-4-2/h8-15,17H,3-7,16,18H2,1-2H3,(H,25,26)/b24-17+. The Morgan fingerprint density at radius 1 is 0.929 bits per heavy atom. The second-order valence-corrected chi connectivity index (χ2v) is 6.60. The van der Waals surface area contributed by atoms with Gasteiger partial charge in [0.1, 0.15) is 11.5 Å². The van der Waals surface area contributed by atoms with Crippen LogP contribution in [0.4, 0.5) is 0 Å². The first-order valence-corrected chi connectivity index (χ1v) is 9.97. The number of hydrogen-bond acceptors (Lipinski definition) is 4. The lowest BCUT2D eigenvalue weighted by atomic mass is 10.1. The third-order valence-electron chi connectivity index (χ3n) is 4.16. The highest BCUT2D eigenvalue weighted by atomic mass is 16.5. The molecule has 2 aromatic rings.